The highest BCUT2D eigenvalue weighted by atomic mass is 16.5. The third-order valence-electron chi connectivity index (χ3n) is 10.1. The van der Waals surface area contributed by atoms with Gasteiger partial charge in [0.2, 0.25) is 0 Å². The molecule has 0 amide bonds. The predicted octanol–water partition coefficient (Wildman–Crippen LogP) is 11.5. The van der Waals surface area contributed by atoms with Crippen molar-refractivity contribution in [3.8, 4) is 73.0 Å². The first-order chi connectivity index (χ1) is 24.8. The summed E-state index contributed by atoms with van der Waals surface area (Å²) < 4.78 is 7.17. The maximum Gasteiger partial charge on any atom is 0.186 e. The molecule has 1 aliphatic carbocycles. The van der Waals surface area contributed by atoms with Crippen LogP contribution in [0.25, 0.3) is 67.3 Å². The monoisotopic (exact) mass is 638 g/mol. The number of aromatic nitrogens is 2. The lowest BCUT2D eigenvalue weighted by molar-refractivity contribution is 0.157. The zero-order chi connectivity index (χ0) is 33.1. The first-order valence-corrected chi connectivity index (χ1v) is 17.0. The first kappa shape index (κ1) is 28.4. The Kier molecular flexibility index (Phi) is 6.40. The first-order valence-electron chi connectivity index (χ1n) is 17.0. The molecule has 0 N–H and O–H groups in total. The number of para-hydroxylation sites is 1. The molecule has 50 heavy (non-hydrogen) atoms. The van der Waals surface area contributed by atoms with Gasteiger partial charge in [-0.2, -0.15) is 0 Å². The summed E-state index contributed by atoms with van der Waals surface area (Å²) in [5.74, 6) is 1.57. The highest BCUT2D eigenvalue weighted by molar-refractivity contribution is 5.90. The summed E-state index contributed by atoms with van der Waals surface area (Å²) in [6.07, 6.45) is 0. The highest BCUT2D eigenvalue weighted by Gasteiger charge is 2.50. The van der Waals surface area contributed by atoms with Gasteiger partial charge < -0.3 is 4.74 Å². The van der Waals surface area contributed by atoms with E-state index in [-0.39, 0.29) is 0 Å². The van der Waals surface area contributed by atoms with Gasteiger partial charge in [-0.1, -0.05) is 164 Å². The van der Waals surface area contributed by atoms with Crippen molar-refractivity contribution in [1.29, 1.82) is 0 Å². The molecule has 8 aromatic rings. The molecule has 234 valence electrons. The molecule has 1 unspecified atom stereocenters. The zero-order valence-corrected chi connectivity index (χ0v) is 27.1. The quantitative estimate of drug-likeness (QED) is 0.192. The molecular formula is C47H30N2O. The second-order valence-corrected chi connectivity index (χ2v) is 12.9. The third kappa shape index (κ3) is 4.37. The summed E-state index contributed by atoms with van der Waals surface area (Å²) in [7, 11) is 0. The largest absolute Gasteiger partial charge is 0.472 e. The van der Waals surface area contributed by atoms with Crippen molar-refractivity contribution in [2.45, 2.75) is 5.60 Å². The Morgan fingerprint density at radius 1 is 0.340 bits per heavy atom. The van der Waals surface area contributed by atoms with Crippen molar-refractivity contribution in [3.05, 3.63) is 199 Å². The Hall–Kier alpha value is -6.58. The Morgan fingerprint density at radius 2 is 0.800 bits per heavy atom. The fourth-order valence-electron chi connectivity index (χ4n) is 7.75. The lowest BCUT2D eigenvalue weighted by atomic mass is 9.78. The van der Waals surface area contributed by atoms with Crippen LogP contribution in [0.4, 0.5) is 0 Å². The fourth-order valence-corrected chi connectivity index (χ4v) is 7.75. The van der Waals surface area contributed by atoms with E-state index in [0.717, 1.165) is 67.2 Å². The third-order valence-corrected chi connectivity index (χ3v) is 10.1. The molecule has 0 radical (unpaired) electrons. The average Bonchev–Trinajstić information content (AvgIpc) is 3.47. The molecule has 10 rings (SSSR count). The van der Waals surface area contributed by atoms with Gasteiger partial charge in [-0.15, -0.1) is 0 Å². The smallest absolute Gasteiger partial charge is 0.186 e. The van der Waals surface area contributed by atoms with E-state index < -0.39 is 5.60 Å². The van der Waals surface area contributed by atoms with Gasteiger partial charge in [0, 0.05) is 38.9 Å². The average molecular weight is 639 g/mol. The second-order valence-electron chi connectivity index (χ2n) is 12.9. The Labute approximate surface area is 291 Å². The molecular weight excluding hydrogens is 609 g/mol. The lowest BCUT2D eigenvalue weighted by Crippen LogP contribution is -2.36. The molecule has 3 heteroatoms. The molecule has 7 aromatic carbocycles. The molecule has 0 bridgehead atoms. The molecule has 2 heterocycles. The zero-order valence-electron chi connectivity index (χ0n) is 27.1. The van der Waals surface area contributed by atoms with E-state index in [0.29, 0.717) is 5.82 Å². The van der Waals surface area contributed by atoms with Crippen LogP contribution in [0.2, 0.25) is 0 Å². The fraction of sp³-hybridized carbons (Fsp3) is 0.0213. The van der Waals surface area contributed by atoms with Crippen LogP contribution < -0.4 is 4.74 Å². The van der Waals surface area contributed by atoms with E-state index >= 15 is 0 Å². The van der Waals surface area contributed by atoms with Gasteiger partial charge >= 0.3 is 0 Å². The number of ether oxygens (including phenoxy) is 1. The molecule has 1 aromatic heterocycles. The van der Waals surface area contributed by atoms with Crippen LogP contribution in [0.3, 0.4) is 0 Å². The SMILES string of the molecule is c1ccc(-c2ccc(-c3cc(-c4ccccc4)nc(-c4ccc5c(c4)-c4ccccc4C54Oc5ccccc5-c5ccccc54)n3)cc2)cc1. The van der Waals surface area contributed by atoms with Gasteiger partial charge in [-0.3, -0.25) is 0 Å². The van der Waals surface area contributed by atoms with Gasteiger partial charge in [0.15, 0.2) is 11.4 Å². The number of nitrogens with zero attached hydrogens (tertiary/aromatic N) is 2. The standard InChI is InChI=1S/C47H30N2O/c1-3-13-31(14-4-1)32-23-25-34(26-24-32)44-30-43(33-15-5-2-6-16-33)48-46(49-44)35-27-28-42-39(29-35)37-18-8-11-21-41(37)47(42)40-20-10-7-17-36(40)38-19-9-12-22-45(38)50-47/h1-30H. The van der Waals surface area contributed by atoms with E-state index in [2.05, 4.69) is 170 Å². The number of hydrogen-bond donors (Lipinski definition) is 0. The minimum Gasteiger partial charge on any atom is -0.472 e. The van der Waals surface area contributed by atoms with Gasteiger partial charge in [0.05, 0.1) is 11.4 Å². The molecule has 1 aliphatic heterocycles. The Morgan fingerprint density at radius 3 is 1.48 bits per heavy atom. The number of hydrogen-bond acceptors (Lipinski definition) is 3. The lowest BCUT2D eigenvalue weighted by Gasteiger charge is -2.39. The molecule has 1 spiro atoms. The van der Waals surface area contributed by atoms with Crippen molar-refractivity contribution in [2.24, 2.45) is 0 Å². The van der Waals surface area contributed by atoms with Crippen molar-refractivity contribution < 1.29 is 4.74 Å². The number of benzene rings is 7. The van der Waals surface area contributed by atoms with Gasteiger partial charge in [0.25, 0.3) is 0 Å². The summed E-state index contributed by atoms with van der Waals surface area (Å²) in [5, 5.41) is 0. The van der Waals surface area contributed by atoms with E-state index in [1.165, 1.54) is 16.7 Å². The minimum absolute atomic E-state index is 0.685. The number of rotatable bonds is 4. The molecule has 1 atom stereocenters. The predicted molar refractivity (Wildman–Crippen MR) is 202 cm³/mol. The van der Waals surface area contributed by atoms with Crippen molar-refractivity contribution in [2.75, 3.05) is 0 Å². The normalized spacial score (nSPS) is 15.0. The molecule has 3 nitrogen and oxygen atoms in total. The van der Waals surface area contributed by atoms with Gasteiger partial charge in [-0.25, -0.2) is 9.97 Å². The summed E-state index contributed by atoms with van der Waals surface area (Å²) in [4.78, 5) is 10.4. The molecule has 0 saturated carbocycles. The maximum atomic E-state index is 7.17. The second kappa shape index (κ2) is 11.3. The van der Waals surface area contributed by atoms with Crippen molar-refractivity contribution in [3.63, 3.8) is 0 Å². The maximum absolute atomic E-state index is 7.17. The van der Waals surface area contributed by atoms with Crippen LogP contribution >= 0.6 is 0 Å². The van der Waals surface area contributed by atoms with E-state index in [9.17, 15) is 0 Å². The van der Waals surface area contributed by atoms with E-state index in [1.807, 2.05) is 12.1 Å². The Balaban J connectivity index is 1.14. The summed E-state index contributed by atoms with van der Waals surface area (Å²) in [6.45, 7) is 0. The summed E-state index contributed by atoms with van der Waals surface area (Å²) in [6, 6.07) is 63.8. The van der Waals surface area contributed by atoms with Crippen LogP contribution in [-0.4, -0.2) is 9.97 Å². The molecule has 0 saturated heterocycles. The van der Waals surface area contributed by atoms with Crippen molar-refractivity contribution in [1.82, 2.24) is 9.97 Å². The summed E-state index contributed by atoms with van der Waals surface area (Å²) >= 11 is 0. The van der Waals surface area contributed by atoms with E-state index in [1.54, 1.807) is 0 Å². The minimum atomic E-state index is -0.770. The van der Waals surface area contributed by atoms with Gasteiger partial charge in [-0.05, 0) is 46.0 Å². The van der Waals surface area contributed by atoms with Gasteiger partial charge in [0.1, 0.15) is 5.75 Å². The molecule has 0 fully saturated rings. The van der Waals surface area contributed by atoms with Crippen LogP contribution in [0.15, 0.2) is 182 Å². The van der Waals surface area contributed by atoms with Crippen molar-refractivity contribution >= 4 is 0 Å². The van der Waals surface area contributed by atoms with Crippen LogP contribution in [0, 0.1) is 0 Å². The molecule has 2 aliphatic rings. The number of fused-ring (bicyclic) bond motifs is 9. The van der Waals surface area contributed by atoms with Crippen LogP contribution in [0.1, 0.15) is 16.7 Å². The van der Waals surface area contributed by atoms with E-state index in [4.69, 9.17) is 14.7 Å². The topological polar surface area (TPSA) is 35.0 Å². The highest BCUT2D eigenvalue weighted by Crippen LogP contribution is 2.58. The van der Waals surface area contributed by atoms with Crippen LogP contribution in [0.5, 0.6) is 5.75 Å². The summed E-state index contributed by atoms with van der Waals surface area (Å²) in [5.41, 5.74) is 14.4. The Bertz CT molecular complexity index is 2560. The van der Waals surface area contributed by atoms with Crippen LogP contribution in [-0.2, 0) is 5.60 Å².